The molecule has 0 saturated heterocycles. The molecule has 0 aliphatic carbocycles. The highest BCUT2D eigenvalue weighted by Crippen LogP contribution is 2.17. The first kappa shape index (κ1) is 13.8. The molecule has 20 heavy (non-hydrogen) atoms. The van der Waals surface area contributed by atoms with Gasteiger partial charge in [-0.15, -0.1) is 0 Å². The van der Waals surface area contributed by atoms with Gasteiger partial charge in [-0.3, -0.25) is 14.9 Å². The SMILES string of the molecule is O=C(Nc1cnc(Cl)cn1)c1cc(F)cc([N+](=O)[O-])c1. The zero-order chi connectivity index (χ0) is 14.7. The van der Waals surface area contributed by atoms with Crippen LogP contribution in [0.2, 0.25) is 5.15 Å². The van der Waals surface area contributed by atoms with Gasteiger partial charge in [0.25, 0.3) is 11.6 Å². The standard InChI is InChI=1S/C11H6ClFN4O3/c12-9-4-15-10(5-14-9)16-11(18)6-1-7(13)3-8(2-6)17(19)20/h1-5H,(H,15,16,18). The molecule has 0 saturated carbocycles. The molecule has 102 valence electrons. The van der Waals surface area contributed by atoms with Crippen LogP contribution in [0.25, 0.3) is 0 Å². The molecular weight excluding hydrogens is 291 g/mol. The molecule has 1 aromatic carbocycles. The van der Waals surface area contributed by atoms with Crippen molar-refractivity contribution in [3.8, 4) is 0 Å². The molecular formula is C11H6ClFN4O3. The van der Waals surface area contributed by atoms with Crippen LogP contribution in [0.4, 0.5) is 15.9 Å². The predicted octanol–water partition coefficient (Wildman–Crippen LogP) is 2.43. The quantitative estimate of drug-likeness (QED) is 0.693. The van der Waals surface area contributed by atoms with Gasteiger partial charge in [0, 0.05) is 11.6 Å². The van der Waals surface area contributed by atoms with Crippen molar-refractivity contribution in [1.29, 1.82) is 0 Å². The first-order valence-corrected chi connectivity index (χ1v) is 5.57. The molecule has 2 aromatic rings. The van der Waals surface area contributed by atoms with Crippen LogP contribution in [-0.2, 0) is 0 Å². The van der Waals surface area contributed by atoms with Gasteiger partial charge >= 0.3 is 0 Å². The summed E-state index contributed by atoms with van der Waals surface area (Å²) in [7, 11) is 0. The second-order valence-electron chi connectivity index (χ2n) is 3.63. The lowest BCUT2D eigenvalue weighted by molar-refractivity contribution is -0.385. The van der Waals surface area contributed by atoms with Crippen LogP contribution in [0.15, 0.2) is 30.6 Å². The molecule has 0 unspecified atom stereocenters. The number of anilines is 1. The van der Waals surface area contributed by atoms with Crippen molar-refractivity contribution < 1.29 is 14.1 Å². The molecule has 0 spiro atoms. The Labute approximate surface area is 116 Å². The zero-order valence-corrected chi connectivity index (χ0v) is 10.5. The average Bonchev–Trinajstić information content (AvgIpc) is 2.40. The summed E-state index contributed by atoms with van der Waals surface area (Å²) in [5.41, 5.74) is -0.717. The normalized spacial score (nSPS) is 10.1. The molecule has 0 aliphatic rings. The summed E-state index contributed by atoms with van der Waals surface area (Å²) in [6, 6.07) is 2.56. The minimum absolute atomic E-state index is 0.0892. The highest BCUT2D eigenvalue weighted by atomic mass is 35.5. The Kier molecular flexibility index (Phi) is 3.85. The maximum absolute atomic E-state index is 13.2. The van der Waals surface area contributed by atoms with Gasteiger partial charge < -0.3 is 5.32 Å². The van der Waals surface area contributed by atoms with Gasteiger partial charge in [-0.25, -0.2) is 14.4 Å². The molecule has 1 aromatic heterocycles. The average molecular weight is 297 g/mol. The number of amides is 1. The Morgan fingerprint density at radius 1 is 1.30 bits per heavy atom. The van der Waals surface area contributed by atoms with Crippen molar-refractivity contribution in [1.82, 2.24) is 9.97 Å². The van der Waals surface area contributed by atoms with E-state index in [1.165, 1.54) is 12.4 Å². The van der Waals surface area contributed by atoms with Crippen molar-refractivity contribution in [2.75, 3.05) is 5.32 Å². The largest absolute Gasteiger partial charge is 0.305 e. The summed E-state index contributed by atoms with van der Waals surface area (Å²) in [4.78, 5) is 29.1. The highest BCUT2D eigenvalue weighted by molar-refractivity contribution is 6.29. The number of carbonyl (C=O) groups excluding carboxylic acids is 1. The number of nitrogens with one attached hydrogen (secondary N) is 1. The van der Waals surface area contributed by atoms with E-state index in [0.29, 0.717) is 0 Å². The van der Waals surface area contributed by atoms with E-state index >= 15 is 0 Å². The molecule has 9 heteroatoms. The van der Waals surface area contributed by atoms with Gasteiger partial charge in [-0.1, -0.05) is 11.6 Å². The van der Waals surface area contributed by atoms with Crippen LogP contribution in [0, 0.1) is 15.9 Å². The summed E-state index contributed by atoms with van der Waals surface area (Å²) in [6.45, 7) is 0. The first-order valence-electron chi connectivity index (χ1n) is 5.19. The number of nitro benzene ring substituents is 1. The predicted molar refractivity (Wildman–Crippen MR) is 68.0 cm³/mol. The van der Waals surface area contributed by atoms with E-state index in [1.807, 2.05) is 0 Å². The van der Waals surface area contributed by atoms with Gasteiger partial charge in [-0.05, 0) is 6.07 Å². The zero-order valence-electron chi connectivity index (χ0n) is 9.71. The molecule has 2 rings (SSSR count). The summed E-state index contributed by atoms with van der Waals surface area (Å²) < 4.78 is 13.2. The monoisotopic (exact) mass is 296 g/mol. The molecule has 1 N–H and O–H groups in total. The Bertz CT molecular complexity index is 678. The number of rotatable bonds is 3. The van der Waals surface area contributed by atoms with Gasteiger partial charge in [0.1, 0.15) is 11.0 Å². The second kappa shape index (κ2) is 5.57. The first-order chi connectivity index (χ1) is 9.45. The molecule has 0 bridgehead atoms. The van der Waals surface area contributed by atoms with Crippen molar-refractivity contribution in [3.63, 3.8) is 0 Å². The molecule has 1 amide bonds. The smallest absolute Gasteiger partial charge is 0.273 e. The van der Waals surface area contributed by atoms with Gasteiger partial charge in [0.15, 0.2) is 5.82 Å². The summed E-state index contributed by atoms with van der Waals surface area (Å²) >= 11 is 5.53. The van der Waals surface area contributed by atoms with Crippen molar-refractivity contribution in [2.24, 2.45) is 0 Å². The van der Waals surface area contributed by atoms with Gasteiger partial charge in [0.2, 0.25) is 0 Å². The molecule has 1 heterocycles. The number of non-ortho nitro benzene ring substituents is 1. The third kappa shape index (κ3) is 3.23. The van der Waals surface area contributed by atoms with Gasteiger partial charge in [-0.2, -0.15) is 0 Å². The van der Waals surface area contributed by atoms with E-state index in [-0.39, 0.29) is 16.5 Å². The molecule has 0 radical (unpaired) electrons. The molecule has 0 atom stereocenters. The molecule has 0 fully saturated rings. The van der Waals surface area contributed by atoms with Crippen LogP contribution in [0.5, 0.6) is 0 Å². The van der Waals surface area contributed by atoms with Crippen molar-refractivity contribution >= 4 is 29.0 Å². The molecule has 0 aliphatic heterocycles. The number of carbonyl (C=O) groups is 1. The highest BCUT2D eigenvalue weighted by Gasteiger charge is 2.15. The lowest BCUT2D eigenvalue weighted by atomic mass is 10.2. The third-order valence-electron chi connectivity index (χ3n) is 2.22. The maximum atomic E-state index is 13.2. The lowest BCUT2D eigenvalue weighted by Crippen LogP contribution is -2.13. The van der Waals surface area contributed by atoms with Crippen LogP contribution in [-0.4, -0.2) is 20.8 Å². The Morgan fingerprint density at radius 2 is 2.05 bits per heavy atom. The summed E-state index contributed by atoms with van der Waals surface area (Å²) in [5.74, 6) is -1.54. The van der Waals surface area contributed by atoms with E-state index in [2.05, 4.69) is 15.3 Å². The van der Waals surface area contributed by atoms with Crippen molar-refractivity contribution in [3.05, 3.63) is 57.2 Å². The topological polar surface area (TPSA) is 98.0 Å². The number of nitrogens with zero attached hydrogens (tertiary/aromatic N) is 3. The van der Waals surface area contributed by atoms with Crippen LogP contribution in [0.1, 0.15) is 10.4 Å². The number of hydrogen-bond acceptors (Lipinski definition) is 5. The second-order valence-corrected chi connectivity index (χ2v) is 4.02. The summed E-state index contributed by atoms with van der Waals surface area (Å²) in [5, 5.41) is 13.1. The Balaban J connectivity index is 2.25. The number of halogens is 2. The fraction of sp³-hybridized carbons (Fsp3) is 0. The Hall–Kier alpha value is -2.61. The lowest BCUT2D eigenvalue weighted by Gasteiger charge is -2.04. The van der Waals surface area contributed by atoms with Crippen LogP contribution >= 0.6 is 11.6 Å². The fourth-order valence-electron chi connectivity index (χ4n) is 1.38. The van der Waals surface area contributed by atoms with E-state index in [4.69, 9.17) is 11.6 Å². The number of benzene rings is 1. The number of hydrogen-bond donors (Lipinski definition) is 1. The minimum Gasteiger partial charge on any atom is -0.305 e. The molecule has 7 nitrogen and oxygen atoms in total. The summed E-state index contributed by atoms with van der Waals surface area (Å²) in [6.07, 6.45) is 2.42. The van der Waals surface area contributed by atoms with E-state index in [1.54, 1.807) is 0 Å². The van der Waals surface area contributed by atoms with E-state index < -0.39 is 22.3 Å². The van der Waals surface area contributed by atoms with Crippen molar-refractivity contribution in [2.45, 2.75) is 0 Å². The fourth-order valence-corrected chi connectivity index (χ4v) is 1.47. The van der Waals surface area contributed by atoms with E-state index in [0.717, 1.165) is 18.2 Å². The minimum atomic E-state index is -0.883. The maximum Gasteiger partial charge on any atom is 0.273 e. The van der Waals surface area contributed by atoms with E-state index in [9.17, 15) is 19.3 Å². The number of aromatic nitrogens is 2. The van der Waals surface area contributed by atoms with Crippen LogP contribution in [0.3, 0.4) is 0 Å². The van der Waals surface area contributed by atoms with Crippen LogP contribution < -0.4 is 5.32 Å². The number of nitro groups is 1. The Morgan fingerprint density at radius 3 is 2.65 bits per heavy atom. The van der Waals surface area contributed by atoms with Gasteiger partial charge in [0.05, 0.1) is 23.4 Å². The third-order valence-corrected chi connectivity index (χ3v) is 2.41.